The van der Waals surface area contributed by atoms with Gasteiger partial charge in [-0.05, 0) is 82.7 Å². The Balaban J connectivity index is 0.00000200. The molecule has 0 aromatic heterocycles. The van der Waals surface area contributed by atoms with E-state index in [-0.39, 0.29) is 2.85 Å². The summed E-state index contributed by atoms with van der Waals surface area (Å²) in [7, 11) is 4.25. The third-order valence-corrected chi connectivity index (χ3v) is 5.96. The maximum absolute atomic E-state index is 3.49. The largest absolute Gasteiger partial charge is 0.317 e. The summed E-state index contributed by atoms with van der Waals surface area (Å²) in [4.78, 5) is 0. The second-order valence-corrected chi connectivity index (χ2v) is 7.34. The Hall–Kier alpha value is -0.0800. The lowest BCUT2D eigenvalue weighted by Gasteiger charge is -2.39. The van der Waals surface area contributed by atoms with Crippen LogP contribution >= 0.6 is 0 Å². The molecule has 6 atom stereocenters. The predicted molar refractivity (Wildman–Crippen MR) is 87.6 cm³/mol. The molecular formula is C17H38N2. The number of hydrogen-bond donors (Lipinski definition) is 2. The highest BCUT2D eigenvalue weighted by atomic mass is 14.9. The van der Waals surface area contributed by atoms with Crippen LogP contribution in [0, 0.1) is 23.7 Å². The van der Waals surface area contributed by atoms with Crippen molar-refractivity contribution in [3.8, 4) is 0 Å². The van der Waals surface area contributed by atoms with Gasteiger partial charge in [-0.1, -0.05) is 13.8 Å². The molecule has 0 aromatic carbocycles. The Kier molecular flexibility index (Phi) is 5.70. The molecule has 0 saturated heterocycles. The Morgan fingerprint density at radius 1 is 0.789 bits per heavy atom. The van der Waals surface area contributed by atoms with Crippen molar-refractivity contribution >= 4 is 0 Å². The van der Waals surface area contributed by atoms with Crippen LogP contribution < -0.4 is 10.6 Å². The normalized spacial score (nSPS) is 44.2. The maximum Gasteiger partial charge on any atom is 0.00898 e. The van der Waals surface area contributed by atoms with Gasteiger partial charge in [0.05, 0.1) is 0 Å². The van der Waals surface area contributed by atoms with Gasteiger partial charge in [0.1, 0.15) is 0 Å². The molecule has 19 heavy (non-hydrogen) atoms. The summed E-state index contributed by atoms with van der Waals surface area (Å²) in [6, 6.07) is 1.55. The molecule has 2 saturated carbocycles. The Bertz CT molecular complexity index is 250. The van der Waals surface area contributed by atoms with Gasteiger partial charge in [-0.2, -0.15) is 0 Å². The summed E-state index contributed by atoms with van der Waals surface area (Å²) in [5.41, 5.74) is 0. The van der Waals surface area contributed by atoms with Gasteiger partial charge < -0.3 is 10.6 Å². The molecule has 2 rings (SSSR count). The summed E-state index contributed by atoms with van der Waals surface area (Å²) in [6.45, 7) is 4.88. The molecule has 0 radical (unpaired) electrons. The minimum absolute atomic E-state index is 0. The van der Waals surface area contributed by atoms with E-state index in [4.69, 9.17) is 0 Å². The molecular weight excluding hydrogens is 232 g/mol. The van der Waals surface area contributed by atoms with Crippen molar-refractivity contribution in [2.75, 3.05) is 14.1 Å². The van der Waals surface area contributed by atoms with Crippen LogP contribution in [0.5, 0.6) is 0 Å². The fourth-order valence-corrected chi connectivity index (χ4v) is 4.77. The molecule has 6 unspecified atom stereocenters. The first-order valence-corrected chi connectivity index (χ1v) is 8.48. The van der Waals surface area contributed by atoms with E-state index in [2.05, 4.69) is 38.6 Å². The van der Waals surface area contributed by atoms with Crippen LogP contribution in [0.25, 0.3) is 0 Å². The number of nitrogens with one attached hydrogen (secondary N) is 2. The summed E-state index contributed by atoms with van der Waals surface area (Å²) < 4.78 is 0. The molecule has 2 aliphatic carbocycles. The zero-order valence-electron chi connectivity index (χ0n) is 13.4. The van der Waals surface area contributed by atoms with Crippen molar-refractivity contribution in [2.24, 2.45) is 23.7 Å². The molecule has 2 aliphatic rings. The third-order valence-electron chi connectivity index (χ3n) is 5.96. The molecule has 0 amide bonds. The van der Waals surface area contributed by atoms with E-state index in [0.29, 0.717) is 0 Å². The monoisotopic (exact) mass is 270 g/mol. The molecule has 0 bridgehead atoms. The van der Waals surface area contributed by atoms with Crippen molar-refractivity contribution in [2.45, 2.75) is 70.9 Å². The van der Waals surface area contributed by atoms with Crippen LogP contribution in [0.4, 0.5) is 0 Å². The van der Waals surface area contributed by atoms with E-state index < -0.39 is 0 Å². The topological polar surface area (TPSA) is 24.1 Å². The lowest BCUT2D eigenvalue weighted by atomic mass is 9.70. The Morgan fingerprint density at radius 2 is 1.21 bits per heavy atom. The fourth-order valence-electron chi connectivity index (χ4n) is 4.77. The minimum atomic E-state index is 0. The van der Waals surface area contributed by atoms with Gasteiger partial charge in [0.2, 0.25) is 0 Å². The van der Waals surface area contributed by atoms with Crippen LogP contribution in [0.2, 0.25) is 0 Å². The quantitative estimate of drug-likeness (QED) is 0.809. The zero-order chi connectivity index (χ0) is 13.8. The molecule has 2 fully saturated rings. The molecule has 2 heteroatoms. The molecule has 2 nitrogen and oxygen atoms in total. The van der Waals surface area contributed by atoms with Gasteiger partial charge in [-0.25, -0.2) is 0 Å². The molecule has 2 N–H and O–H groups in total. The van der Waals surface area contributed by atoms with E-state index in [1.54, 1.807) is 0 Å². The highest BCUT2D eigenvalue weighted by molar-refractivity contribution is 4.86. The lowest BCUT2D eigenvalue weighted by molar-refractivity contribution is 0.154. The van der Waals surface area contributed by atoms with Gasteiger partial charge >= 0.3 is 0 Å². The molecule has 0 aromatic rings. The second kappa shape index (κ2) is 7.08. The fraction of sp³-hybridized carbons (Fsp3) is 1.00. The standard InChI is InChI=1S/C17H34N2.2H2/c1-12-9-14(5-7-16(12)18-3)11-15-6-8-17(19-4)13(2)10-15;;/h12-19H,5-11H2,1-4H3;2*1H. The van der Waals surface area contributed by atoms with Crippen molar-refractivity contribution in [3.63, 3.8) is 0 Å². The van der Waals surface area contributed by atoms with Gasteiger partial charge in [0, 0.05) is 14.9 Å². The smallest absolute Gasteiger partial charge is 0.00898 e. The average molecular weight is 271 g/mol. The van der Waals surface area contributed by atoms with E-state index in [9.17, 15) is 0 Å². The van der Waals surface area contributed by atoms with Crippen molar-refractivity contribution < 1.29 is 2.85 Å². The molecule has 116 valence electrons. The lowest BCUT2D eigenvalue weighted by Crippen LogP contribution is -2.39. The van der Waals surface area contributed by atoms with Crippen LogP contribution in [0.1, 0.15) is 61.6 Å². The number of rotatable bonds is 4. The van der Waals surface area contributed by atoms with Crippen LogP contribution in [-0.2, 0) is 0 Å². The van der Waals surface area contributed by atoms with Gasteiger partial charge in [0.25, 0.3) is 0 Å². The first kappa shape index (κ1) is 15.3. The summed E-state index contributed by atoms with van der Waals surface area (Å²) in [5, 5.41) is 6.98. The molecule has 0 aliphatic heterocycles. The van der Waals surface area contributed by atoms with Crippen molar-refractivity contribution in [1.29, 1.82) is 0 Å². The highest BCUT2D eigenvalue weighted by Crippen LogP contribution is 2.38. The van der Waals surface area contributed by atoms with Crippen LogP contribution in [0.15, 0.2) is 0 Å². The summed E-state index contributed by atoms with van der Waals surface area (Å²) in [6.07, 6.45) is 10.1. The second-order valence-electron chi connectivity index (χ2n) is 7.34. The first-order chi connectivity index (χ1) is 9.13. The van der Waals surface area contributed by atoms with E-state index >= 15 is 0 Å². The summed E-state index contributed by atoms with van der Waals surface area (Å²) >= 11 is 0. The van der Waals surface area contributed by atoms with E-state index in [0.717, 1.165) is 35.8 Å². The predicted octanol–water partition coefficient (Wildman–Crippen LogP) is 3.92. The maximum atomic E-state index is 3.49. The van der Waals surface area contributed by atoms with E-state index in [1.165, 1.54) is 44.9 Å². The molecule has 0 spiro atoms. The van der Waals surface area contributed by atoms with Gasteiger partial charge in [-0.15, -0.1) is 0 Å². The van der Waals surface area contributed by atoms with Crippen molar-refractivity contribution in [1.82, 2.24) is 10.6 Å². The van der Waals surface area contributed by atoms with Crippen LogP contribution in [-0.4, -0.2) is 26.2 Å². The molecule has 0 heterocycles. The summed E-state index contributed by atoms with van der Waals surface area (Å²) in [5.74, 6) is 3.75. The van der Waals surface area contributed by atoms with Crippen LogP contribution in [0.3, 0.4) is 0 Å². The number of hydrogen-bond acceptors (Lipinski definition) is 2. The zero-order valence-corrected chi connectivity index (χ0v) is 13.4. The Labute approximate surface area is 123 Å². The minimum Gasteiger partial charge on any atom is -0.317 e. The van der Waals surface area contributed by atoms with Gasteiger partial charge in [-0.3, -0.25) is 0 Å². The Morgan fingerprint density at radius 3 is 1.53 bits per heavy atom. The SMILES string of the molecule is CNC1CCC(CC2CCC(NC)C(C)C2)CC1C.[HH].[HH]. The first-order valence-electron chi connectivity index (χ1n) is 8.48. The van der Waals surface area contributed by atoms with Crippen molar-refractivity contribution in [3.05, 3.63) is 0 Å². The average Bonchev–Trinajstić information content (AvgIpc) is 2.39. The van der Waals surface area contributed by atoms with Gasteiger partial charge in [0.15, 0.2) is 0 Å². The highest BCUT2D eigenvalue weighted by Gasteiger charge is 2.31. The van der Waals surface area contributed by atoms with E-state index in [1.807, 2.05) is 0 Å². The third kappa shape index (κ3) is 3.95.